The van der Waals surface area contributed by atoms with Gasteiger partial charge in [0, 0.05) is 19.0 Å². The second-order valence-corrected chi connectivity index (χ2v) is 6.82. The Labute approximate surface area is 129 Å². The lowest BCUT2D eigenvalue weighted by Gasteiger charge is -2.31. The number of halogens is 1. The molecule has 0 aromatic carbocycles. The number of rotatable bonds is 5. The fraction of sp³-hybridized carbons (Fsp3) is 0.733. The molecule has 0 amide bonds. The van der Waals surface area contributed by atoms with Gasteiger partial charge in [0.25, 0.3) is 0 Å². The maximum absolute atomic E-state index is 12.9. The molecule has 1 aromatic rings. The Morgan fingerprint density at radius 1 is 1.55 bits per heavy atom. The predicted octanol–water partition coefficient (Wildman–Crippen LogP) is 2.49. The van der Waals surface area contributed by atoms with Crippen LogP contribution in [0.25, 0.3) is 0 Å². The van der Waals surface area contributed by atoms with Crippen LogP contribution >= 0.6 is 15.9 Å². The van der Waals surface area contributed by atoms with Gasteiger partial charge in [0.2, 0.25) is 0 Å². The number of carbonyl (C=O) groups excluding carboxylic acids is 1. The van der Waals surface area contributed by atoms with E-state index in [1.165, 1.54) is 0 Å². The molecule has 1 N–H and O–H groups in total. The van der Waals surface area contributed by atoms with E-state index in [1.807, 2.05) is 11.7 Å². The Bertz CT molecular complexity index is 501. The van der Waals surface area contributed by atoms with Crippen LogP contribution in [-0.2, 0) is 24.7 Å². The van der Waals surface area contributed by atoms with Gasteiger partial charge in [-0.3, -0.25) is 9.48 Å². The minimum atomic E-state index is -0.212. The second-order valence-electron chi connectivity index (χ2n) is 6.02. The Balaban J connectivity index is 2.25. The van der Waals surface area contributed by atoms with Gasteiger partial charge < -0.3 is 5.32 Å². The smallest absolute Gasteiger partial charge is 0.146 e. The van der Waals surface area contributed by atoms with Crippen molar-refractivity contribution in [2.24, 2.45) is 18.4 Å². The highest BCUT2D eigenvalue weighted by Crippen LogP contribution is 2.37. The first-order chi connectivity index (χ1) is 9.42. The molecule has 1 aromatic heterocycles. The van der Waals surface area contributed by atoms with E-state index in [9.17, 15) is 4.79 Å². The molecule has 1 atom stereocenters. The first-order valence-corrected chi connectivity index (χ1v) is 8.16. The molecule has 1 aliphatic rings. The summed E-state index contributed by atoms with van der Waals surface area (Å²) in [6.07, 6.45) is 2.28. The van der Waals surface area contributed by atoms with Gasteiger partial charge in [0.1, 0.15) is 5.78 Å². The summed E-state index contributed by atoms with van der Waals surface area (Å²) in [6, 6.07) is 0. The maximum Gasteiger partial charge on any atom is 0.146 e. The third-order valence-corrected chi connectivity index (χ3v) is 5.60. The first-order valence-electron chi connectivity index (χ1n) is 7.36. The summed E-state index contributed by atoms with van der Waals surface area (Å²) >= 11 is 3.60. The minimum absolute atomic E-state index is 0.212. The molecule has 5 heteroatoms. The van der Waals surface area contributed by atoms with Crippen molar-refractivity contribution in [1.29, 1.82) is 0 Å². The van der Waals surface area contributed by atoms with Crippen molar-refractivity contribution in [2.75, 3.05) is 13.1 Å². The highest BCUT2D eigenvalue weighted by molar-refractivity contribution is 9.10. The van der Waals surface area contributed by atoms with Crippen LogP contribution in [0.1, 0.15) is 38.6 Å². The van der Waals surface area contributed by atoms with Gasteiger partial charge in [-0.1, -0.05) is 20.8 Å². The highest BCUT2D eigenvalue weighted by Gasteiger charge is 2.43. The highest BCUT2D eigenvalue weighted by atomic mass is 79.9. The molecule has 1 unspecified atom stereocenters. The molecule has 0 radical (unpaired) electrons. The van der Waals surface area contributed by atoms with Gasteiger partial charge in [0.15, 0.2) is 0 Å². The molecule has 1 saturated heterocycles. The number of nitrogens with zero attached hydrogens (tertiary/aromatic N) is 2. The van der Waals surface area contributed by atoms with Crippen molar-refractivity contribution in [2.45, 2.75) is 40.0 Å². The zero-order valence-corrected chi connectivity index (χ0v) is 14.4. The molecule has 2 heterocycles. The van der Waals surface area contributed by atoms with Crippen molar-refractivity contribution < 1.29 is 4.79 Å². The molecule has 1 aliphatic heterocycles. The molecule has 0 saturated carbocycles. The lowest BCUT2D eigenvalue weighted by molar-refractivity contribution is -0.129. The molecule has 20 heavy (non-hydrogen) atoms. The van der Waals surface area contributed by atoms with Crippen LogP contribution in [0.5, 0.6) is 0 Å². The van der Waals surface area contributed by atoms with Crippen molar-refractivity contribution in [1.82, 2.24) is 15.1 Å². The third-order valence-electron chi connectivity index (χ3n) is 4.68. The van der Waals surface area contributed by atoms with Crippen LogP contribution in [0.15, 0.2) is 4.47 Å². The molecule has 112 valence electrons. The van der Waals surface area contributed by atoms with Gasteiger partial charge in [-0.2, -0.15) is 5.10 Å². The zero-order valence-electron chi connectivity index (χ0n) is 12.8. The molecule has 0 aliphatic carbocycles. The number of aryl methyl sites for hydroxylation is 2. The number of aromatic nitrogens is 2. The van der Waals surface area contributed by atoms with Crippen molar-refractivity contribution >= 4 is 21.7 Å². The monoisotopic (exact) mass is 341 g/mol. The molecule has 4 nitrogen and oxygen atoms in total. The van der Waals surface area contributed by atoms with Gasteiger partial charge >= 0.3 is 0 Å². The number of Topliss-reactive ketones (excluding diaryl/α,β-unsaturated/α-hetero) is 1. The number of hydrogen-bond donors (Lipinski definition) is 1. The summed E-state index contributed by atoms with van der Waals surface area (Å²) in [6.45, 7) is 8.13. The molecule has 2 rings (SSSR count). The van der Waals surface area contributed by atoms with E-state index in [2.05, 4.69) is 47.1 Å². The van der Waals surface area contributed by atoms with Crippen molar-refractivity contribution in [3.8, 4) is 0 Å². The summed E-state index contributed by atoms with van der Waals surface area (Å²) in [5, 5.41) is 7.83. The van der Waals surface area contributed by atoms with Gasteiger partial charge in [-0.15, -0.1) is 0 Å². The third kappa shape index (κ3) is 2.58. The van der Waals surface area contributed by atoms with E-state index in [4.69, 9.17) is 0 Å². The summed E-state index contributed by atoms with van der Waals surface area (Å²) in [5.74, 6) is 0.700. The predicted molar refractivity (Wildman–Crippen MR) is 83.8 cm³/mol. The van der Waals surface area contributed by atoms with E-state index in [0.717, 1.165) is 41.8 Å². The molecular weight excluding hydrogens is 318 g/mol. The standard InChI is InChI=1S/C15H24BrN3O/c1-5-11-14(16)12(19(4)18-11)8-13(20)15(10(2)3)6-7-17-9-15/h10,17H,5-9H2,1-4H3. The fourth-order valence-corrected chi connectivity index (χ4v) is 3.86. The topological polar surface area (TPSA) is 46.9 Å². The number of hydrogen-bond acceptors (Lipinski definition) is 3. The summed E-state index contributed by atoms with van der Waals surface area (Å²) in [5.41, 5.74) is 1.81. The average molecular weight is 342 g/mol. The lowest BCUT2D eigenvalue weighted by Crippen LogP contribution is -2.39. The molecule has 1 fully saturated rings. The summed E-state index contributed by atoms with van der Waals surface area (Å²) in [7, 11) is 1.92. The Kier molecular flexibility index (Phi) is 4.69. The number of nitrogens with one attached hydrogen (secondary N) is 1. The second kappa shape index (κ2) is 5.98. The average Bonchev–Trinajstić information content (AvgIpc) is 2.99. The summed E-state index contributed by atoms with van der Waals surface area (Å²) in [4.78, 5) is 12.9. The van der Waals surface area contributed by atoms with E-state index in [0.29, 0.717) is 18.1 Å². The lowest BCUT2D eigenvalue weighted by atomic mass is 9.72. The molecule has 0 spiro atoms. The van der Waals surface area contributed by atoms with Crippen LogP contribution in [-0.4, -0.2) is 28.7 Å². The number of ketones is 1. The molecular formula is C15H24BrN3O. The SMILES string of the molecule is CCc1nn(C)c(CC(=O)C2(C(C)C)CCNC2)c1Br. The molecule has 0 bridgehead atoms. The Morgan fingerprint density at radius 2 is 2.25 bits per heavy atom. The van der Waals surface area contributed by atoms with Crippen LogP contribution in [0.2, 0.25) is 0 Å². The van der Waals surface area contributed by atoms with Crippen molar-refractivity contribution in [3.63, 3.8) is 0 Å². The fourth-order valence-electron chi connectivity index (χ4n) is 3.10. The van der Waals surface area contributed by atoms with Gasteiger partial charge in [-0.05, 0) is 41.2 Å². The van der Waals surface area contributed by atoms with E-state index < -0.39 is 0 Å². The van der Waals surface area contributed by atoms with E-state index in [-0.39, 0.29) is 5.41 Å². The summed E-state index contributed by atoms with van der Waals surface area (Å²) < 4.78 is 2.85. The first kappa shape index (κ1) is 15.7. The van der Waals surface area contributed by atoms with Crippen LogP contribution < -0.4 is 5.32 Å². The van der Waals surface area contributed by atoms with E-state index >= 15 is 0 Å². The largest absolute Gasteiger partial charge is 0.316 e. The Morgan fingerprint density at radius 3 is 2.70 bits per heavy atom. The Hall–Kier alpha value is -0.680. The van der Waals surface area contributed by atoms with Crippen molar-refractivity contribution in [3.05, 3.63) is 15.9 Å². The maximum atomic E-state index is 12.9. The van der Waals surface area contributed by atoms with E-state index in [1.54, 1.807) is 0 Å². The van der Waals surface area contributed by atoms with Crippen LogP contribution in [0, 0.1) is 11.3 Å². The van der Waals surface area contributed by atoms with Gasteiger partial charge in [0.05, 0.1) is 22.3 Å². The quantitative estimate of drug-likeness (QED) is 0.894. The normalized spacial score (nSPS) is 22.7. The number of carbonyl (C=O) groups is 1. The minimum Gasteiger partial charge on any atom is -0.316 e. The van der Waals surface area contributed by atoms with Crippen LogP contribution in [0.4, 0.5) is 0 Å². The van der Waals surface area contributed by atoms with Gasteiger partial charge in [-0.25, -0.2) is 0 Å². The zero-order chi connectivity index (χ0) is 14.9. The van der Waals surface area contributed by atoms with Crippen LogP contribution in [0.3, 0.4) is 0 Å².